The molecule has 1 aliphatic heterocycles. The second kappa shape index (κ2) is 5.82. The average Bonchev–Trinajstić information content (AvgIpc) is 2.99. The van der Waals surface area contributed by atoms with Crippen molar-refractivity contribution in [3.8, 4) is 0 Å². The number of nitrogens with zero attached hydrogens (tertiary/aromatic N) is 1. The Hall–Kier alpha value is -2.56. The van der Waals surface area contributed by atoms with Crippen LogP contribution in [0.5, 0.6) is 0 Å². The van der Waals surface area contributed by atoms with Crippen LogP contribution in [-0.2, 0) is 11.3 Å². The van der Waals surface area contributed by atoms with Gasteiger partial charge < -0.3 is 14.1 Å². The lowest BCUT2D eigenvalue weighted by Crippen LogP contribution is -2.44. The summed E-state index contributed by atoms with van der Waals surface area (Å²) >= 11 is 0. The smallest absolute Gasteiger partial charge is 0.373 e. The lowest BCUT2D eigenvalue weighted by molar-refractivity contribution is 0.0563. The zero-order valence-corrected chi connectivity index (χ0v) is 14.2. The number of carbonyl (C=O) groups is 1. The number of carbonyl (C=O) groups excluding carboxylic acids is 1. The number of hydrogen-bond acceptors (Lipinski definition) is 4. The number of halogens is 1. The fourth-order valence-corrected chi connectivity index (χ4v) is 3.17. The highest BCUT2D eigenvalue weighted by atomic mass is 19.1. The van der Waals surface area contributed by atoms with Crippen molar-refractivity contribution >= 4 is 17.2 Å². The van der Waals surface area contributed by atoms with Crippen LogP contribution in [0.2, 0.25) is 0 Å². The molecule has 4 nitrogen and oxygen atoms in total. The van der Waals surface area contributed by atoms with Crippen molar-refractivity contribution in [1.82, 2.24) is 0 Å². The predicted octanol–water partition coefficient (Wildman–Crippen LogP) is 4.41. The van der Waals surface area contributed by atoms with Crippen molar-refractivity contribution < 1.29 is 18.3 Å². The van der Waals surface area contributed by atoms with Gasteiger partial charge in [0.15, 0.2) is 0 Å². The molecule has 1 aromatic heterocycles. The molecule has 1 aromatic carbocycles. The van der Waals surface area contributed by atoms with Crippen LogP contribution in [0.3, 0.4) is 0 Å². The molecule has 0 radical (unpaired) electrons. The standard InChI is InChI=1S/C19H20FNO3/c1-12-10-19(2,3)21(16-7-5-13(20)9-15(12)16)11-14-6-8-17(24-14)18(22)23-4/h5-10H,11H2,1-4H3. The third kappa shape index (κ3) is 2.82. The van der Waals surface area contributed by atoms with E-state index in [1.165, 1.54) is 13.2 Å². The molecule has 0 saturated carbocycles. The van der Waals surface area contributed by atoms with Gasteiger partial charge in [0, 0.05) is 11.3 Å². The highest BCUT2D eigenvalue weighted by Gasteiger charge is 2.32. The van der Waals surface area contributed by atoms with Crippen LogP contribution >= 0.6 is 0 Å². The van der Waals surface area contributed by atoms with Gasteiger partial charge in [-0.1, -0.05) is 6.08 Å². The molecule has 0 saturated heterocycles. The molecule has 0 atom stereocenters. The molecular weight excluding hydrogens is 309 g/mol. The van der Waals surface area contributed by atoms with Crippen LogP contribution in [0.4, 0.5) is 10.1 Å². The van der Waals surface area contributed by atoms with Crippen LogP contribution in [0, 0.1) is 5.82 Å². The van der Waals surface area contributed by atoms with E-state index in [9.17, 15) is 9.18 Å². The molecule has 0 amide bonds. The van der Waals surface area contributed by atoms with Gasteiger partial charge in [0.05, 0.1) is 19.2 Å². The van der Waals surface area contributed by atoms with E-state index in [4.69, 9.17) is 4.42 Å². The van der Waals surface area contributed by atoms with Crippen molar-refractivity contribution in [1.29, 1.82) is 0 Å². The summed E-state index contributed by atoms with van der Waals surface area (Å²) in [4.78, 5) is 13.7. The maximum Gasteiger partial charge on any atom is 0.373 e. The molecule has 0 spiro atoms. The molecule has 0 unspecified atom stereocenters. The number of esters is 1. The molecule has 24 heavy (non-hydrogen) atoms. The monoisotopic (exact) mass is 329 g/mol. The normalized spacial score (nSPS) is 15.7. The highest BCUT2D eigenvalue weighted by Crippen LogP contribution is 2.40. The number of anilines is 1. The van der Waals surface area contributed by atoms with Gasteiger partial charge in [-0.2, -0.15) is 0 Å². The minimum Gasteiger partial charge on any atom is -0.463 e. The van der Waals surface area contributed by atoms with E-state index in [2.05, 4.69) is 29.6 Å². The first-order valence-electron chi connectivity index (χ1n) is 7.76. The van der Waals surface area contributed by atoms with Crippen molar-refractivity contribution in [3.05, 3.63) is 59.3 Å². The minimum atomic E-state index is -0.502. The SMILES string of the molecule is COC(=O)c1ccc(CN2c3ccc(F)cc3C(C)=CC2(C)C)o1. The van der Waals surface area contributed by atoms with Crippen LogP contribution in [0.1, 0.15) is 42.6 Å². The number of benzene rings is 1. The first kappa shape index (κ1) is 16.3. The maximum atomic E-state index is 13.6. The van der Waals surface area contributed by atoms with Crippen molar-refractivity contribution in [3.63, 3.8) is 0 Å². The fourth-order valence-electron chi connectivity index (χ4n) is 3.17. The van der Waals surface area contributed by atoms with Gasteiger partial charge in [-0.25, -0.2) is 9.18 Å². The van der Waals surface area contributed by atoms with E-state index in [0.717, 1.165) is 16.8 Å². The molecule has 1 aliphatic rings. The van der Waals surface area contributed by atoms with Gasteiger partial charge in [0.25, 0.3) is 0 Å². The summed E-state index contributed by atoms with van der Waals surface area (Å²) in [6.07, 6.45) is 2.11. The van der Waals surface area contributed by atoms with Crippen LogP contribution in [-0.4, -0.2) is 18.6 Å². The largest absolute Gasteiger partial charge is 0.463 e. The predicted molar refractivity (Wildman–Crippen MR) is 90.4 cm³/mol. The summed E-state index contributed by atoms with van der Waals surface area (Å²) in [5, 5.41) is 0. The van der Waals surface area contributed by atoms with Gasteiger partial charge in [-0.05, 0) is 56.7 Å². The second-order valence-corrected chi connectivity index (χ2v) is 6.49. The van der Waals surface area contributed by atoms with E-state index >= 15 is 0 Å². The Bertz CT molecular complexity index is 820. The summed E-state index contributed by atoms with van der Waals surface area (Å²) in [6, 6.07) is 8.16. The highest BCUT2D eigenvalue weighted by molar-refractivity contribution is 5.86. The van der Waals surface area contributed by atoms with Gasteiger partial charge in [-0.3, -0.25) is 0 Å². The molecule has 2 aromatic rings. The third-order valence-corrected chi connectivity index (χ3v) is 4.30. The second-order valence-electron chi connectivity index (χ2n) is 6.49. The number of hydrogen-bond donors (Lipinski definition) is 0. The summed E-state index contributed by atoms with van der Waals surface area (Å²) in [5.41, 5.74) is 2.58. The van der Waals surface area contributed by atoms with Crippen molar-refractivity contribution in [2.24, 2.45) is 0 Å². The van der Waals surface area contributed by atoms with Crippen molar-refractivity contribution in [2.45, 2.75) is 32.9 Å². The number of allylic oxidation sites excluding steroid dienone is 1. The molecule has 0 fully saturated rings. The van der Waals surface area contributed by atoms with Crippen molar-refractivity contribution in [2.75, 3.05) is 12.0 Å². The molecule has 0 aliphatic carbocycles. The molecule has 0 bridgehead atoms. The van der Waals surface area contributed by atoms with Gasteiger partial charge in [0.2, 0.25) is 5.76 Å². The van der Waals surface area contributed by atoms with E-state index in [0.29, 0.717) is 12.3 Å². The molecule has 126 valence electrons. The van der Waals surface area contributed by atoms with E-state index < -0.39 is 5.97 Å². The number of rotatable bonds is 3. The Morgan fingerprint density at radius 3 is 2.75 bits per heavy atom. The molecule has 5 heteroatoms. The lowest BCUT2D eigenvalue weighted by Gasteiger charge is -2.42. The molecule has 2 heterocycles. The maximum absolute atomic E-state index is 13.6. The van der Waals surface area contributed by atoms with Crippen LogP contribution in [0.15, 0.2) is 40.8 Å². The number of furan rings is 1. The van der Waals surface area contributed by atoms with E-state index in [-0.39, 0.29) is 17.1 Å². The van der Waals surface area contributed by atoms with Gasteiger partial charge >= 0.3 is 5.97 Å². The fraction of sp³-hybridized carbons (Fsp3) is 0.316. The Morgan fingerprint density at radius 1 is 1.29 bits per heavy atom. The van der Waals surface area contributed by atoms with E-state index in [1.807, 2.05) is 6.92 Å². The summed E-state index contributed by atoms with van der Waals surface area (Å²) in [6.45, 7) is 6.63. The summed E-state index contributed by atoms with van der Waals surface area (Å²) in [5.74, 6) is 0.0598. The Labute approximate surface area is 140 Å². The number of fused-ring (bicyclic) bond motifs is 1. The first-order valence-corrected chi connectivity index (χ1v) is 7.76. The lowest BCUT2D eigenvalue weighted by atomic mass is 9.88. The van der Waals surface area contributed by atoms with E-state index in [1.54, 1.807) is 24.3 Å². The minimum absolute atomic E-state index is 0.174. The molecule has 0 N–H and O–H groups in total. The van der Waals surface area contributed by atoms with Gasteiger partial charge in [-0.15, -0.1) is 0 Å². The zero-order chi connectivity index (χ0) is 17.5. The average molecular weight is 329 g/mol. The zero-order valence-electron chi connectivity index (χ0n) is 14.2. The first-order chi connectivity index (χ1) is 11.3. The van der Waals surface area contributed by atoms with Crippen LogP contribution in [0.25, 0.3) is 5.57 Å². The molecular formula is C19H20FNO3. The molecule has 3 rings (SSSR count). The topological polar surface area (TPSA) is 42.7 Å². The Balaban J connectivity index is 1.98. The summed E-state index contributed by atoms with van der Waals surface area (Å²) < 4.78 is 23.9. The number of ether oxygens (including phenoxy) is 1. The number of methoxy groups -OCH3 is 1. The quantitative estimate of drug-likeness (QED) is 0.783. The van der Waals surface area contributed by atoms with Gasteiger partial charge in [0.1, 0.15) is 11.6 Å². The third-order valence-electron chi connectivity index (χ3n) is 4.30. The Morgan fingerprint density at radius 2 is 2.04 bits per heavy atom. The summed E-state index contributed by atoms with van der Waals surface area (Å²) in [7, 11) is 1.32. The Kier molecular flexibility index (Phi) is 3.95. The van der Waals surface area contributed by atoms with Crippen LogP contribution < -0.4 is 4.90 Å².